The van der Waals surface area contributed by atoms with Crippen molar-refractivity contribution >= 4 is 69.4 Å². The molecule has 4 N–H and O–H groups in total. The summed E-state index contributed by atoms with van der Waals surface area (Å²) < 4.78 is 26.9. The van der Waals surface area contributed by atoms with E-state index in [2.05, 4.69) is 5.32 Å². The monoisotopic (exact) mass is 539 g/mol. The Morgan fingerprint density at radius 1 is 1.23 bits per heavy atom. The van der Waals surface area contributed by atoms with E-state index in [1.54, 1.807) is 17.5 Å². The van der Waals surface area contributed by atoms with E-state index < -0.39 is 47.4 Å². The Bertz CT molecular complexity index is 1250. The average molecular weight is 540 g/mol. The third-order valence-electron chi connectivity index (χ3n) is 5.04. The SMILES string of the molecule is C[C@@H](C(=O)N[C@@H](CCC(=O)O)C(N)=O)N1C(=O)C(=Cc2cc(-c3ccc(F)c(F)c3)cs2)SC1=S. The van der Waals surface area contributed by atoms with Gasteiger partial charge in [-0.25, -0.2) is 8.78 Å². The van der Waals surface area contributed by atoms with Crippen LogP contribution in [-0.4, -0.2) is 50.1 Å². The molecule has 3 amide bonds. The van der Waals surface area contributed by atoms with Crippen LogP contribution in [-0.2, 0) is 19.2 Å². The fourth-order valence-electron chi connectivity index (χ4n) is 3.16. The predicted octanol–water partition coefficient (Wildman–Crippen LogP) is 3.12. The zero-order chi connectivity index (χ0) is 25.9. The van der Waals surface area contributed by atoms with Gasteiger partial charge in [0.25, 0.3) is 5.91 Å². The van der Waals surface area contributed by atoms with Crippen LogP contribution in [0.2, 0.25) is 0 Å². The maximum Gasteiger partial charge on any atom is 0.303 e. The number of amides is 3. The average Bonchev–Trinajstić information content (AvgIpc) is 3.36. The van der Waals surface area contributed by atoms with E-state index in [4.69, 9.17) is 23.1 Å². The Balaban J connectivity index is 1.73. The minimum absolute atomic E-state index is 0.127. The first kappa shape index (κ1) is 26.4. The van der Waals surface area contributed by atoms with E-state index in [1.165, 1.54) is 24.3 Å². The van der Waals surface area contributed by atoms with Crippen LogP contribution in [0.25, 0.3) is 17.2 Å². The van der Waals surface area contributed by atoms with Crippen molar-refractivity contribution in [1.29, 1.82) is 0 Å². The molecule has 35 heavy (non-hydrogen) atoms. The Morgan fingerprint density at radius 2 is 1.94 bits per heavy atom. The van der Waals surface area contributed by atoms with Crippen molar-refractivity contribution in [2.24, 2.45) is 5.73 Å². The lowest BCUT2D eigenvalue weighted by Gasteiger charge is -2.24. The number of nitrogens with two attached hydrogens (primary N) is 1. The van der Waals surface area contributed by atoms with Gasteiger partial charge in [0.2, 0.25) is 11.8 Å². The topological polar surface area (TPSA) is 130 Å². The number of carboxylic acid groups (broad SMARTS) is 1. The zero-order valence-electron chi connectivity index (χ0n) is 18.1. The number of hydrogen-bond donors (Lipinski definition) is 3. The van der Waals surface area contributed by atoms with Crippen LogP contribution >= 0.6 is 35.3 Å². The van der Waals surface area contributed by atoms with Gasteiger partial charge < -0.3 is 16.2 Å². The summed E-state index contributed by atoms with van der Waals surface area (Å²) in [7, 11) is 0. The second kappa shape index (κ2) is 11.1. The molecule has 2 aromatic rings. The van der Waals surface area contributed by atoms with Crippen molar-refractivity contribution in [2.45, 2.75) is 31.8 Å². The molecule has 0 aliphatic carbocycles. The largest absolute Gasteiger partial charge is 0.481 e. The Labute approximate surface area is 212 Å². The van der Waals surface area contributed by atoms with Crippen LogP contribution in [0.1, 0.15) is 24.6 Å². The Kier molecular flexibility index (Phi) is 8.35. The van der Waals surface area contributed by atoms with Crippen LogP contribution in [0.4, 0.5) is 8.78 Å². The van der Waals surface area contributed by atoms with E-state index in [-0.39, 0.29) is 22.1 Å². The highest BCUT2D eigenvalue weighted by Crippen LogP contribution is 2.36. The van der Waals surface area contributed by atoms with Crippen molar-refractivity contribution in [3.8, 4) is 11.1 Å². The van der Waals surface area contributed by atoms with Crippen molar-refractivity contribution in [3.05, 3.63) is 51.1 Å². The molecule has 0 spiro atoms. The summed E-state index contributed by atoms with van der Waals surface area (Å²) in [5.74, 6) is -5.20. The van der Waals surface area contributed by atoms with Crippen molar-refractivity contribution in [1.82, 2.24) is 10.2 Å². The summed E-state index contributed by atoms with van der Waals surface area (Å²) >= 11 is 7.54. The number of benzene rings is 1. The first-order valence-corrected chi connectivity index (χ1v) is 12.2. The molecule has 0 unspecified atom stereocenters. The maximum absolute atomic E-state index is 13.5. The summed E-state index contributed by atoms with van der Waals surface area (Å²) in [6, 6.07) is 2.97. The highest BCUT2D eigenvalue weighted by molar-refractivity contribution is 8.26. The van der Waals surface area contributed by atoms with Crippen LogP contribution in [0.15, 0.2) is 34.6 Å². The van der Waals surface area contributed by atoms with E-state index in [9.17, 15) is 28.0 Å². The molecule has 1 aliphatic heterocycles. The number of nitrogens with one attached hydrogen (secondary N) is 1. The number of carbonyl (C=O) groups excluding carboxylic acids is 3. The number of carboxylic acids is 1. The molecule has 0 radical (unpaired) electrons. The molecule has 3 rings (SSSR count). The summed E-state index contributed by atoms with van der Waals surface area (Å²) in [4.78, 5) is 50.0. The molecule has 13 heteroatoms. The predicted molar refractivity (Wildman–Crippen MR) is 132 cm³/mol. The first-order chi connectivity index (χ1) is 16.5. The summed E-state index contributed by atoms with van der Waals surface area (Å²) in [5.41, 5.74) is 6.36. The Morgan fingerprint density at radius 3 is 2.57 bits per heavy atom. The van der Waals surface area contributed by atoms with Gasteiger partial charge in [-0.3, -0.25) is 24.1 Å². The molecule has 1 aromatic heterocycles. The number of nitrogens with zero attached hydrogens (tertiary/aromatic N) is 1. The number of rotatable bonds is 9. The molecular formula is C22H19F2N3O5S3. The van der Waals surface area contributed by atoms with E-state index in [1.807, 2.05) is 0 Å². The van der Waals surface area contributed by atoms with Gasteiger partial charge in [0.15, 0.2) is 11.6 Å². The lowest BCUT2D eigenvalue weighted by atomic mass is 10.1. The minimum atomic E-state index is -1.21. The van der Waals surface area contributed by atoms with Gasteiger partial charge in [0.1, 0.15) is 16.4 Å². The van der Waals surface area contributed by atoms with Gasteiger partial charge in [-0.05, 0) is 54.1 Å². The molecule has 8 nitrogen and oxygen atoms in total. The number of hydrogen-bond acceptors (Lipinski definition) is 7. The van der Waals surface area contributed by atoms with Crippen molar-refractivity contribution in [3.63, 3.8) is 0 Å². The number of thiocarbonyl (C=S) groups is 1. The molecule has 1 saturated heterocycles. The van der Waals surface area contributed by atoms with Gasteiger partial charge in [-0.1, -0.05) is 30.0 Å². The number of thioether (sulfide) groups is 1. The number of halogens is 2. The standard InChI is InChI=1S/C22H19F2N3O5S3/c1-10(20(31)26-16(19(25)30)4-5-18(28)29)27-21(32)17(35-22(27)33)8-13-6-12(9-34-13)11-2-3-14(23)15(24)7-11/h2-3,6-10,16H,4-5H2,1H3,(H2,25,30)(H,26,31)(H,28,29)/t10-,16-/m0/s1. The lowest BCUT2D eigenvalue weighted by Crippen LogP contribution is -2.53. The molecule has 2 heterocycles. The molecule has 2 atom stereocenters. The number of aliphatic carboxylic acids is 1. The first-order valence-electron chi connectivity index (χ1n) is 10.1. The third kappa shape index (κ3) is 6.29. The lowest BCUT2D eigenvalue weighted by molar-refractivity contribution is -0.138. The fourth-order valence-corrected chi connectivity index (χ4v) is 5.49. The van der Waals surface area contributed by atoms with Gasteiger partial charge in [-0.2, -0.15) is 0 Å². The Hall–Kier alpha value is -3.16. The minimum Gasteiger partial charge on any atom is -0.481 e. The van der Waals surface area contributed by atoms with Crippen LogP contribution in [0, 0.1) is 11.6 Å². The second-order valence-corrected chi connectivity index (χ2v) is 10.1. The highest BCUT2D eigenvalue weighted by Gasteiger charge is 2.39. The van der Waals surface area contributed by atoms with E-state index in [0.29, 0.717) is 16.0 Å². The number of carbonyl (C=O) groups is 4. The molecule has 184 valence electrons. The molecule has 1 aromatic carbocycles. The molecule has 0 bridgehead atoms. The van der Waals surface area contributed by atoms with Gasteiger partial charge in [0, 0.05) is 11.3 Å². The summed E-state index contributed by atoms with van der Waals surface area (Å²) in [6.45, 7) is 1.42. The normalized spacial score (nSPS) is 16.4. The van der Waals surface area contributed by atoms with E-state index >= 15 is 0 Å². The van der Waals surface area contributed by atoms with Crippen LogP contribution in [0.3, 0.4) is 0 Å². The molecular weight excluding hydrogens is 520 g/mol. The summed E-state index contributed by atoms with van der Waals surface area (Å²) in [5, 5.41) is 12.9. The van der Waals surface area contributed by atoms with Crippen LogP contribution in [0.5, 0.6) is 0 Å². The van der Waals surface area contributed by atoms with Crippen molar-refractivity contribution < 1.29 is 33.1 Å². The number of thiophene rings is 1. The van der Waals surface area contributed by atoms with Gasteiger partial charge in [-0.15, -0.1) is 11.3 Å². The molecule has 1 aliphatic rings. The highest BCUT2D eigenvalue weighted by atomic mass is 32.2. The molecule has 1 fully saturated rings. The quantitative estimate of drug-likeness (QED) is 0.330. The smallest absolute Gasteiger partial charge is 0.303 e. The van der Waals surface area contributed by atoms with E-state index in [0.717, 1.165) is 28.8 Å². The second-order valence-electron chi connectivity index (χ2n) is 7.49. The number of primary amides is 1. The zero-order valence-corrected chi connectivity index (χ0v) is 20.6. The van der Waals surface area contributed by atoms with Crippen LogP contribution < -0.4 is 11.1 Å². The van der Waals surface area contributed by atoms with Gasteiger partial charge >= 0.3 is 5.97 Å². The van der Waals surface area contributed by atoms with Gasteiger partial charge in [0.05, 0.1) is 4.91 Å². The molecule has 0 saturated carbocycles. The van der Waals surface area contributed by atoms with Crippen molar-refractivity contribution in [2.75, 3.05) is 0 Å². The summed E-state index contributed by atoms with van der Waals surface area (Å²) in [6.07, 6.45) is 1.01. The fraction of sp³-hybridized carbons (Fsp3) is 0.227. The third-order valence-corrected chi connectivity index (χ3v) is 7.25. The maximum atomic E-state index is 13.5.